The minimum Gasteiger partial charge on any atom is -0.461 e. The van der Waals surface area contributed by atoms with Gasteiger partial charge in [-0.2, -0.15) is 0 Å². The molecule has 92 valence electrons. The Morgan fingerprint density at radius 1 is 1.25 bits per heavy atom. The van der Waals surface area contributed by atoms with Crippen LogP contribution in [0.15, 0.2) is 5.16 Å². The van der Waals surface area contributed by atoms with E-state index < -0.39 is 11.4 Å². The van der Waals surface area contributed by atoms with Crippen LogP contribution in [0.3, 0.4) is 0 Å². The first-order chi connectivity index (χ1) is 7.32. The molecule has 0 aromatic heterocycles. The minimum absolute atomic E-state index is 0.00396. The molecule has 0 unspecified atom stereocenters. The highest BCUT2D eigenvalue weighted by atomic mass is 16.6. The van der Waals surface area contributed by atoms with Gasteiger partial charge in [-0.15, -0.1) is 0 Å². The van der Waals surface area contributed by atoms with Crippen LogP contribution in [0.1, 0.15) is 34.1 Å². The maximum Gasteiger partial charge on any atom is 0.356 e. The van der Waals surface area contributed by atoms with E-state index >= 15 is 0 Å². The third kappa shape index (κ3) is 4.91. The molecule has 0 fully saturated rings. The van der Waals surface area contributed by atoms with Gasteiger partial charge in [0, 0.05) is 5.41 Å². The molecule has 0 aliphatic heterocycles. The van der Waals surface area contributed by atoms with Crippen LogP contribution in [-0.4, -0.2) is 31.2 Å². The molecule has 0 spiro atoms. The third-order valence-corrected chi connectivity index (χ3v) is 1.88. The molecule has 0 aliphatic rings. The van der Waals surface area contributed by atoms with E-state index in [1.165, 1.54) is 7.11 Å². The van der Waals surface area contributed by atoms with E-state index in [1.54, 1.807) is 27.7 Å². The second-order valence-corrected chi connectivity index (χ2v) is 4.29. The summed E-state index contributed by atoms with van der Waals surface area (Å²) in [5.74, 6) is -0.696. The fraction of sp³-hybridized carbons (Fsp3) is 0.727. The first-order valence-corrected chi connectivity index (χ1v) is 5.13. The molecule has 0 atom stereocenters. The Kier molecular flexibility index (Phi) is 5.71. The smallest absolute Gasteiger partial charge is 0.356 e. The molecule has 0 aromatic carbocycles. The van der Waals surface area contributed by atoms with Crippen molar-refractivity contribution in [3.05, 3.63) is 0 Å². The monoisotopic (exact) mass is 229 g/mol. The number of rotatable bonds is 5. The summed E-state index contributed by atoms with van der Waals surface area (Å²) in [5.41, 5.74) is -0.509. The van der Waals surface area contributed by atoms with Crippen LogP contribution in [0.2, 0.25) is 0 Å². The maximum atomic E-state index is 11.7. The highest BCUT2D eigenvalue weighted by Crippen LogP contribution is 2.17. The Morgan fingerprint density at radius 2 is 1.81 bits per heavy atom. The Morgan fingerprint density at radius 3 is 2.19 bits per heavy atom. The number of ketones is 1. The van der Waals surface area contributed by atoms with Crippen molar-refractivity contribution in [3.8, 4) is 0 Å². The van der Waals surface area contributed by atoms with Crippen LogP contribution in [0.4, 0.5) is 0 Å². The average Bonchev–Trinajstić information content (AvgIpc) is 2.15. The molecule has 0 N–H and O–H groups in total. The molecular weight excluding hydrogens is 210 g/mol. The summed E-state index contributed by atoms with van der Waals surface area (Å²) in [5, 5.41) is 3.52. The second kappa shape index (κ2) is 6.25. The van der Waals surface area contributed by atoms with E-state index in [-0.39, 0.29) is 24.5 Å². The first kappa shape index (κ1) is 14.6. The predicted octanol–water partition coefficient (Wildman–Crippen LogP) is 1.56. The zero-order chi connectivity index (χ0) is 12.8. The summed E-state index contributed by atoms with van der Waals surface area (Å²) in [6.07, 6.45) is -0.0732. The molecule has 0 radical (unpaired) electrons. The van der Waals surface area contributed by atoms with Gasteiger partial charge in [-0.3, -0.25) is 4.79 Å². The number of esters is 1. The van der Waals surface area contributed by atoms with Gasteiger partial charge in [0.25, 0.3) is 0 Å². The number of hydrogen-bond acceptors (Lipinski definition) is 5. The fourth-order valence-electron chi connectivity index (χ4n) is 0.884. The standard InChI is InChI=1S/C11H19NO4/c1-6-16-10(14)8(12-15-5)7-9(13)11(2,3)4/h6-7H2,1-5H3/b12-8-. The van der Waals surface area contributed by atoms with E-state index in [9.17, 15) is 9.59 Å². The normalized spacial score (nSPS) is 12.2. The van der Waals surface area contributed by atoms with Crippen molar-refractivity contribution < 1.29 is 19.2 Å². The lowest BCUT2D eigenvalue weighted by atomic mass is 9.88. The Balaban J connectivity index is 4.66. The Labute approximate surface area is 95.8 Å². The van der Waals surface area contributed by atoms with Gasteiger partial charge in [-0.05, 0) is 6.92 Å². The maximum absolute atomic E-state index is 11.7. The summed E-state index contributed by atoms with van der Waals surface area (Å²) in [6.45, 7) is 7.28. The first-order valence-electron chi connectivity index (χ1n) is 5.13. The SMILES string of the molecule is CCOC(=O)/C(CC(=O)C(C)(C)C)=N\OC. The van der Waals surface area contributed by atoms with Crippen LogP contribution in [-0.2, 0) is 19.2 Å². The predicted molar refractivity (Wildman–Crippen MR) is 60.2 cm³/mol. The quantitative estimate of drug-likeness (QED) is 0.407. The van der Waals surface area contributed by atoms with E-state index in [0.29, 0.717) is 0 Å². The summed E-state index contributed by atoms with van der Waals surface area (Å²) >= 11 is 0. The van der Waals surface area contributed by atoms with Gasteiger partial charge >= 0.3 is 5.97 Å². The number of nitrogens with zero attached hydrogens (tertiary/aromatic N) is 1. The fourth-order valence-corrected chi connectivity index (χ4v) is 0.884. The number of oxime groups is 1. The highest BCUT2D eigenvalue weighted by Gasteiger charge is 2.26. The minimum atomic E-state index is -0.609. The number of carbonyl (C=O) groups is 2. The summed E-state index contributed by atoms with van der Waals surface area (Å²) in [4.78, 5) is 27.6. The van der Waals surface area contributed by atoms with Crippen LogP contribution in [0.25, 0.3) is 0 Å². The highest BCUT2D eigenvalue weighted by molar-refractivity contribution is 6.39. The van der Waals surface area contributed by atoms with Gasteiger partial charge in [-0.1, -0.05) is 25.9 Å². The molecule has 5 heteroatoms. The van der Waals surface area contributed by atoms with Gasteiger partial charge in [0.05, 0.1) is 13.0 Å². The number of hydrogen-bond donors (Lipinski definition) is 0. The molecule has 0 amide bonds. The van der Waals surface area contributed by atoms with Crippen molar-refractivity contribution >= 4 is 17.5 Å². The van der Waals surface area contributed by atoms with Gasteiger partial charge < -0.3 is 9.57 Å². The van der Waals surface area contributed by atoms with E-state index in [4.69, 9.17) is 4.74 Å². The van der Waals surface area contributed by atoms with Crippen molar-refractivity contribution in [2.24, 2.45) is 10.6 Å². The molecule has 0 aromatic rings. The lowest BCUT2D eigenvalue weighted by Gasteiger charge is -2.16. The number of ether oxygens (including phenoxy) is 1. The Hall–Kier alpha value is -1.39. The third-order valence-electron chi connectivity index (χ3n) is 1.88. The van der Waals surface area contributed by atoms with Crippen molar-refractivity contribution in [1.82, 2.24) is 0 Å². The molecule has 16 heavy (non-hydrogen) atoms. The zero-order valence-electron chi connectivity index (χ0n) is 10.5. The molecular formula is C11H19NO4. The van der Waals surface area contributed by atoms with E-state index in [0.717, 1.165) is 0 Å². The van der Waals surface area contributed by atoms with Crippen molar-refractivity contribution in [2.45, 2.75) is 34.1 Å². The molecule has 0 aliphatic carbocycles. The lowest BCUT2D eigenvalue weighted by Crippen LogP contribution is -2.28. The van der Waals surface area contributed by atoms with Crippen molar-refractivity contribution in [3.63, 3.8) is 0 Å². The van der Waals surface area contributed by atoms with Crippen LogP contribution in [0, 0.1) is 5.41 Å². The topological polar surface area (TPSA) is 65.0 Å². The molecule has 0 bridgehead atoms. The summed E-state index contributed by atoms with van der Waals surface area (Å²) in [6, 6.07) is 0. The molecule has 0 rings (SSSR count). The summed E-state index contributed by atoms with van der Waals surface area (Å²) in [7, 11) is 1.32. The van der Waals surface area contributed by atoms with Crippen LogP contribution >= 0.6 is 0 Å². The largest absolute Gasteiger partial charge is 0.461 e. The van der Waals surface area contributed by atoms with Gasteiger partial charge in [0.15, 0.2) is 5.71 Å². The average molecular weight is 229 g/mol. The Bertz CT molecular complexity index is 289. The van der Waals surface area contributed by atoms with Gasteiger partial charge in [-0.25, -0.2) is 4.79 Å². The second-order valence-electron chi connectivity index (χ2n) is 4.29. The van der Waals surface area contributed by atoms with Crippen LogP contribution < -0.4 is 0 Å². The molecule has 0 heterocycles. The lowest BCUT2D eigenvalue weighted by molar-refractivity contribution is -0.136. The molecule has 5 nitrogen and oxygen atoms in total. The van der Waals surface area contributed by atoms with E-state index in [2.05, 4.69) is 9.99 Å². The molecule has 0 saturated carbocycles. The molecule has 0 saturated heterocycles. The van der Waals surface area contributed by atoms with Gasteiger partial charge in [0.1, 0.15) is 12.9 Å². The van der Waals surface area contributed by atoms with Crippen molar-refractivity contribution in [1.29, 1.82) is 0 Å². The van der Waals surface area contributed by atoms with Crippen molar-refractivity contribution in [2.75, 3.05) is 13.7 Å². The zero-order valence-corrected chi connectivity index (χ0v) is 10.5. The van der Waals surface area contributed by atoms with Crippen LogP contribution in [0.5, 0.6) is 0 Å². The number of Topliss-reactive ketones (excluding diaryl/α,β-unsaturated/α-hetero) is 1. The van der Waals surface area contributed by atoms with Gasteiger partial charge in [0.2, 0.25) is 0 Å². The summed E-state index contributed by atoms with van der Waals surface area (Å²) < 4.78 is 4.77. The van der Waals surface area contributed by atoms with E-state index in [1.807, 2.05) is 0 Å². The number of carbonyl (C=O) groups excluding carboxylic acids is 2.